The smallest absolute Gasteiger partial charge is 0.153 e. The number of H-pyrrole nitrogens is 1. The van der Waals surface area contributed by atoms with Crippen LogP contribution in [0.2, 0.25) is 0 Å². The van der Waals surface area contributed by atoms with Gasteiger partial charge in [0.2, 0.25) is 0 Å². The summed E-state index contributed by atoms with van der Waals surface area (Å²) in [6.45, 7) is 10.2. The first-order valence-corrected chi connectivity index (χ1v) is 8.16. The number of anilines is 1. The van der Waals surface area contributed by atoms with Crippen molar-refractivity contribution < 1.29 is 9.47 Å². The highest BCUT2D eigenvalue weighted by Gasteiger charge is 2.14. The fourth-order valence-electron chi connectivity index (χ4n) is 2.65. The highest BCUT2D eigenvalue weighted by Crippen LogP contribution is 2.33. The maximum absolute atomic E-state index is 5.94. The van der Waals surface area contributed by atoms with Gasteiger partial charge in [-0.05, 0) is 44.5 Å². The van der Waals surface area contributed by atoms with Crippen molar-refractivity contribution in [3.63, 3.8) is 0 Å². The number of nitrogens with zero attached hydrogens (tertiary/aromatic N) is 1. The number of aromatic nitrogens is 2. The molecule has 0 unspecified atom stereocenters. The summed E-state index contributed by atoms with van der Waals surface area (Å²) in [4.78, 5) is 0. The van der Waals surface area contributed by atoms with E-state index in [0.717, 1.165) is 27.8 Å². The van der Waals surface area contributed by atoms with Gasteiger partial charge in [0.05, 0.1) is 5.52 Å². The van der Waals surface area contributed by atoms with Gasteiger partial charge in [-0.15, -0.1) is 0 Å². The Bertz CT molecular complexity index is 907. The zero-order valence-electron chi connectivity index (χ0n) is 14.8. The number of benzene rings is 2. The summed E-state index contributed by atoms with van der Waals surface area (Å²) in [5, 5.41) is 7.84. The van der Waals surface area contributed by atoms with E-state index in [-0.39, 0.29) is 5.60 Å². The van der Waals surface area contributed by atoms with Crippen LogP contribution in [-0.2, 0) is 4.74 Å². The Hall–Kier alpha value is -2.95. The molecular weight excluding hydrogens is 314 g/mol. The number of nitrogen functional groups attached to an aromatic ring is 1. The third-order valence-corrected chi connectivity index (χ3v) is 3.63. The number of nitrogens with one attached hydrogen (secondary N) is 1. The molecule has 2 aromatic carbocycles. The summed E-state index contributed by atoms with van der Waals surface area (Å²) < 4.78 is 11.7. The molecule has 0 saturated heterocycles. The Morgan fingerprint density at radius 3 is 2.72 bits per heavy atom. The summed E-state index contributed by atoms with van der Waals surface area (Å²) in [6, 6.07) is 13.9. The lowest BCUT2D eigenvalue weighted by Gasteiger charge is -2.23. The van der Waals surface area contributed by atoms with E-state index in [0.29, 0.717) is 18.2 Å². The van der Waals surface area contributed by atoms with E-state index in [2.05, 4.69) is 16.8 Å². The Labute approximate surface area is 147 Å². The topological polar surface area (TPSA) is 73.2 Å². The zero-order chi connectivity index (χ0) is 18.0. The third-order valence-electron chi connectivity index (χ3n) is 3.63. The van der Waals surface area contributed by atoms with Crippen molar-refractivity contribution in [2.24, 2.45) is 0 Å². The molecule has 0 aliphatic rings. The molecule has 25 heavy (non-hydrogen) atoms. The van der Waals surface area contributed by atoms with Crippen LogP contribution >= 0.6 is 0 Å². The Balaban J connectivity index is 1.85. The second kappa shape index (κ2) is 6.51. The molecule has 0 bridgehead atoms. The van der Waals surface area contributed by atoms with Crippen molar-refractivity contribution in [3.8, 4) is 16.9 Å². The number of aromatic amines is 1. The third kappa shape index (κ3) is 3.94. The number of ether oxygens (including phenoxy) is 2. The highest BCUT2D eigenvalue weighted by molar-refractivity contribution is 5.92. The molecule has 0 radical (unpaired) electrons. The molecule has 0 aliphatic carbocycles. The maximum atomic E-state index is 5.94. The van der Waals surface area contributed by atoms with Crippen LogP contribution in [-0.4, -0.2) is 22.4 Å². The van der Waals surface area contributed by atoms with Crippen molar-refractivity contribution in [2.75, 3.05) is 12.3 Å². The Kier molecular flexibility index (Phi) is 4.40. The van der Waals surface area contributed by atoms with Gasteiger partial charge in [-0.1, -0.05) is 30.8 Å². The average molecular weight is 337 g/mol. The minimum atomic E-state index is -0.288. The molecule has 0 amide bonds. The van der Waals surface area contributed by atoms with Crippen molar-refractivity contribution >= 4 is 16.7 Å². The predicted octanol–water partition coefficient (Wildman–Crippen LogP) is 4.52. The lowest BCUT2D eigenvalue weighted by Crippen LogP contribution is -2.20. The molecule has 0 aliphatic heterocycles. The predicted molar refractivity (Wildman–Crippen MR) is 101 cm³/mol. The maximum Gasteiger partial charge on any atom is 0.153 e. The molecule has 0 spiro atoms. The van der Waals surface area contributed by atoms with Crippen LogP contribution in [0.15, 0.2) is 54.8 Å². The van der Waals surface area contributed by atoms with Crippen molar-refractivity contribution in [3.05, 3.63) is 54.8 Å². The number of para-hydroxylation sites is 1. The van der Waals surface area contributed by atoms with Gasteiger partial charge in [0, 0.05) is 10.9 Å². The molecule has 3 rings (SSSR count). The zero-order valence-corrected chi connectivity index (χ0v) is 14.8. The molecule has 0 atom stereocenters. The first kappa shape index (κ1) is 16.9. The second-order valence-corrected chi connectivity index (χ2v) is 6.91. The van der Waals surface area contributed by atoms with Crippen molar-refractivity contribution in [1.82, 2.24) is 10.2 Å². The standard InChI is InChI=1S/C20H23N3O2/c1-13(25-20(2,3)4)12-24-18-8-6-5-7-15(18)14-9-10-17-16(11-14)19(21)23-22-17/h5-11H,1,12H2,2-4H3,(H3,21,22,23). The fourth-order valence-corrected chi connectivity index (χ4v) is 2.65. The molecular formula is C20H23N3O2. The van der Waals surface area contributed by atoms with Crippen LogP contribution < -0.4 is 10.5 Å². The minimum Gasteiger partial charge on any atom is -0.489 e. The summed E-state index contributed by atoms with van der Waals surface area (Å²) in [7, 11) is 0. The quantitative estimate of drug-likeness (QED) is 0.671. The molecule has 5 nitrogen and oxygen atoms in total. The lowest BCUT2D eigenvalue weighted by molar-refractivity contribution is 0.0374. The minimum absolute atomic E-state index is 0.288. The average Bonchev–Trinajstić information content (AvgIpc) is 2.92. The van der Waals surface area contributed by atoms with E-state index in [1.165, 1.54) is 0 Å². The van der Waals surface area contributed by atoms with Gasteiger partial charge in [-0.25, -0.2) is 0 Å². The molecule has 130 valence electrons. The Morgan fingerprint density at radius 2 is 1.96 bits per heavy atom. The van der Waals surface area contributed by atoms with Gasteiger partial charge in [0.1, 0.15) is 23.7 Å². The SMILES string of the molecule is C=C(COc1ccccc1-c1ccc2[nH]nc(N)c2c1)OC(C)(C)C. The molecule has 5 heteroatoms. The lowest BCUT2D eigenvalue weighted by atomic mass is 10.0. The van der Waals surface area contributed by atoms with E-state index >= 15 is 0 Å². The second-order valence-electron chi connectivity index (χ2n) is 6.91. The monoisotopic (exact) mass is 337 g/mol. The summed E-state index contributed by atoms with van der Waals surface area (Å²) in [6.07, 6.45) is 0. The molecule has 3 N–H and O–H groups in total. The van der Waals surface area contributed by atoms with Crippen LogP contribution in [0, 0.1) is 0 Å². The number of nitrogens with two attached hydrogens (primary N) is 1. The van der Waals surface area contributed by atoms with Crippen LogP contribution in [0.4, 0.5) is 5.82 Å². The van der Waals surface area contributed by atoms with Crippen LogP contribution in [0.5, 0.6) is 5.75 Å². The number of hydrogen-bond acceptors (Lipinski definition) is 4. The number of hydrogen-bond donors (Lipinski definition) is 2. The molecule has 0 fully saturated rings. The molecule has 0 saturated carbocycles. The Morgan fingerprint density at radius 1 is 1.20 bits per heavy atom. The van der Waals surface area contributed by atoms with Gasteiger partial charge in [-0.3, -0.25) is 5.10 Å². The summed E-state index contributed by atoms with van der Waals surface area (Å²) >= 11 is 0. The van der Waals surface area contributed by atoms with E-state index in [1.807, 2.05) is 63.2 Å². The van der Waals surface area contributed by atoms with Crippen molar-refractivity contribution in [1.29, 1.82) is 0 Å². The summed E-state index contributed by atoms with van der Waals surface area (Å²) in [5.74, 6) is 1.85. The largest absolute Gasteiger partial charge is 0.489 e. The van der Waals surface area contributed by atoms with Gasteiger partial charge in [0.25, 0.3) is 0 Å². The van der Waals surface area contributed by atoms with Crippen LogP contribution in [0.3, 0.4) is 0 Å². The van der Waals surface area contributed by atoms with Crippen LogP contribution in [0.25, 0.3) is 22.0 Å². The summed E-state index contributed by atoms with van der Waals surface area (Å²) in [5.41, 5.74) is 8.53. The van der Waals surface area contributed by atoms with Gasteiger partial charge >= 0.3 is 0 Å². The number of rotatable bonds is 5. The van der Waals surface area contributed by atoms with Gasteiger partial charge in [-0.2, -0.15) is 5.10 Å². The van der Waals surface area contributed by atoms with Crippen LogP contribution in [0.1, 0.15) is 20.8 Å². The first-order chi connectivity index (χ1) is 11.8. The number of fused-ring (bicyclic) bond motifs is 1. The fraction of sp³-hybridized carbons (Fsp3) is 0.250. The molecule has 1 heterocycles. The first-order valence-electron chi connectivity index (χ1n) is 8.16. The van der Waals surface area contributed by atoms with E-state index in [4.69, 9.17) is 15.2 Å². The van der Waals surface area contributed by atoms with E-state index in [9.17, 15) is 0 Å². The van der Waals surface area contributed by atoms with Gasteiger partial charge < -0.3 is 15.2 Å². The highest BCUT2D eigenvalue weighted by atomic mass is 16.5. The van der Waals surface area contributed by atoms with E-state index < -0.39 is 0 Å². The van der Waals surface area contributed by atoms with Crippen molar-refractivity contribution in [2.45, 2.75) is 26.4 Å². The molecule has 3 aromatic rings. The van der Waals surface area contributed by atoms with Gasteiger partial charge in [0.15, 0.2) is 5.82 Å². The molecule has 1 aromatic heterocycles. The normalized spacial score (nSPS) is 11.5. The van der Waals surface area contributed by atoms with E-state index in [1.54, 1.807) is 0 Å².